The van der Waals surface area contributed by atoms with E-state index in [-0.39, 0.29) is 0 Å². The summed E-state index contributed by atoms with van der Waals surface area (Å²) in [5.41, 5.74) is 4.17. The molecule has 0 aromatic carbocycles. The Bertz CT molecular complexity index is 1020. The van der Waals surface area contributed by atoms with Gasteiger partial charge >= 0.3 is 0 Å². The molecule has 140 valence electrons. The third-order valence-electron chi connectivity index (χ3n) is 3.77. The van der Waals surface area contributed by atoms with E-state index in [0.717, 1.165) is 45.7 Å². The maximum absolute atomic E-state index is 5.25. The number of aliphatic imine (C=N–C) groups is 1. The van der Waals surface area contributed by atoms with Crippen LogP contribution in [0.15, 0.2) is 41.1 Å². The molecule has 3 heterocycles. The van der Waals surface area contributed by atoms with E-state index >= 15 is 0 Å². The van der Waals surface area contributed by atoms with Crippen molar-refractivity contribution in [2.75, 3.05) is 21.3 Å². The summed E-state index contributed by atoms with van der Waals surface area (Å²) in [4.78, 5) is 17.9. The molecule has 27 heavy (non-hydrogen) atoms. The first-order valence-corrected chi connectivity index (χ1v) is 9.49. The molecule has 0 spiro atoms. The van der Waals surface area contributed by atoms with E-state index < -0.39 is 0 Å². The van der Waals surface area contributed by atoms with Crippen LogP contribution in [0.5, 0.6) is 0 Å². The molecule has 3 rings (SSSR count). The first-order chi connectivity index (χ1) is 13.1. The molecule has 0 saturated heterocycles. The topological polar surface area (TPSA) is 74.4 Å². The zero-order chi connectivity index (χ0) is 19.4. The predicted octanol–water partition coefficient (Wildman–Crippen LogP) is 4.23. The van der Waals surface area contributed by atoms with Gasteiger partial charge in [0.25, 0.3) is 0 Å². The van der Waals surface area contributed by atoms with Gasteiger partial charge in [-0.05, 0) is 31.2 Å². The highest BCUT2D eigenvalue weighted by atomic mass is 32.2. The molecule has 0 aliphatic heterocycles. The van der Waals surface area contributed by atoms with Gasteiger partial charge in [-0.15, -0.1) is 0 Å². The van der Waals surface area contributed by atoms with Crippen molar-refractivity contribution in [3.63, 3.8) is 0 Å². The van der Waals surface area contributed by atoms with Crippen LogP contribution in [0.4, 0.5) is 0 Å². The Labute approximate surface area is 166 Å². The lowest BCUT2D eigenvalue weighted by atomic mass is 10.1. The standard InChI is InChI=1S/C18H19N5O2S2/c1-6-14-15(13-9-10-20-17(22-13)26-24-4)12-8-7-11(2)21-16(12)23(14)18(19-3)27-25-5/h6-10H,1H2,2-5H3. The van der Waals surface area contributed by atoms with Crippen LogP contribution in [0, 0.1) is 6.92 Å². The lowest BCUT2D eigenvalue weighted by Gasteiger charge is -2.09. The van der Waals surface area contributed by atoms with E-state index in [9.17, 15) is 0 Å². The molecule has 0 aliphatic carbocycles. The third-order valence-corrected chi connectivity index (χ3v) is 4.97. The van der Waals surface area contributed by atoms with Crippen LogP contribution in [0.1, 0.15) is 11.4 Å². The van der Waals surface area contributed by atoms with Gasteiger partial charge in [-0.25, -0.2) is 15.0 Å². The average molecular weight is 402 g/mol. The molecule has 0 radical (unpaired) electrons. The summed E-state index contributed by atoms with van der Waals surface area (Å²) in [6.45, 7) is 5.96. The first-order valence-electron chi connectivity index (χ1n) is 8.01. The van der Waals surface area contributed by atoms with Crippen LogP contribution in [0.3, 0.4) is 0 Å². The smallest absolute Gasteiger partial charge is 0.215 e. The lowest BCUT2D eigenvalue weighted by Crippen LogP contribution is -2.11. The highest BCUT2D eigenvalue weighted by Crippen LogP contribution is 2.35. The highest BCUT2D eigenvalue weighted by molar-refractivity contribution is 8.09. The Morgan fingerprint density at radius 3 is 2.70 bits per heavy atom. The molecule has 3 aromatic heterocycles. The third kappa shape index (κ3) is 3.77. The van der Waals surface area contributed by atoms with Crippen molar-refractivity contribution in [2.45, 2.75) is 12.1 Å². The van der Waals surface area contributed by atoms with Crippen molar-refractivity contribution in [2.24, 2.45) is 4.99 Å². The Morgan fingerprint density at radius 2 is 2.04 bits per heavy atom. The molecule has 0 saturated carbocycles. The SMILES string of the molecule is C=Cc1c(-c2ccnc(SOC)n2)c2ccc(C)nc2n1C(=NC)SOC. The monoisotopic (exact) mass is 401 g/mol. The van der Waals surface area contributed by atoms with E-state index in [4.69, 9.17) is 13.4 Å². The average Bonchev–Trinajstić information content (AvgIpc) is 2.99. The zero-order valence-corrected chi connectivity index (χ0v) is 17.1. The van der Waals surface area contributed by atoms with Crippen LogP contribution in [-0.4, -0.2) is 46.0 Å². The highest BCUT2D eigenvalue weighted by Gasteiger charge is 2.22. The van der Waals surface area contributed by atoms with Gasteiger partial charge in [-0.1, -0.05) is 6.58 Å². The molecule has 0 atom stereocenters. The van der Waals surface area contributed by atoms with Crippen molar-refractivity contribution in [3.05, 3.63) is 42.4 Å². The molecule has 0 unspecified atom stereocenters. The predicted molar refractivity (Wildman–Crippen MR) is 112 cm³/mol. The fraction of sp³-hybridized carbons (Fsp3) is 0.222. The molecule has 3 aromatic rings. The van der Waals surface area contributed by atoms with Crippen LogP contribution in [0.25, 0.3) is 28.4 Å². The fourth-order valence-electron chi connectivity index (χ4n) is 2.77. The van der Waals surface area contributed by atoms with E-state index in [1.165, 1.54) is 12.0 Å². The van der Waals surface area contributed by atoms with Crippen LogP contribution < -0.4 is 0 Å². The molecule has 0 aliphatic rings. The minimum Gasteiger partial charge on any atom is -0.311 e. The van der Waals surface area contributed by atoms with Gasteiger partial charge in [0.15, 0.2) is 5.17 Å². The fourth-order valence-corrected chi connectivity index (χ4v) is 3.64. The quantitative estimate of drug-likeness (QED) is 0.274. The van der Waals surface area contributed by atoms with Crippen molar-refractivity contribution in [3.8, 4) is 11.3 Å². The molecule has 9 heteroatoms. The Kier molecular flexibility index (Phi) is 6.27. The second-order valence-corrected chi connectivity index (χ2v) is 7.08. The summed E-state index contributed by atoms with van der Waals surface area (Å²) in [5, 5.41) is 2.13. The van der Waals surface area contributed by atoms with E-state index in [0.29, 0.717) is 10.3 Å². The molecular formula is C18H19N5O2S2. The number of nitrogens with zero attached hydrogens (tertiary/aromatic N) is 5. The number of rotatable bonds is 5. The number of aryl methyl sites for hydroxylation is 1. The maximum Gasteiger partial charge on any atom is 0.215 e. The van der Waals surface area contributed by atoms with Crippen molar-refractivity contribution in [1.82, 2.24) is 19.5 Å². The van der Waals surface area contributed by atoms with Crippen molar-refractivity contribution >= 4 is 46.4 Å². The molecule has 0 amide bonds. The van der Waals surface area contributed by atoms with Crippen LogP contribution in [-0.2, 0) is 8.37 Å². The number of pyridine rings is 1. The Hall–Kier alpha value is -2.20. The van der Waals surface area contributed by atoms with Gasteiger partial charge in [-0.2, -0.15) is 0 Å². The summed E-state index contributed by atoms with van der Waals surface area (Å²) >= 11 is 2.28. The number of hydrogen-bond donors (Lipinski definition) is 0. The summed E-state index contributed by atoms with van der Waals surface area (Å²) in [7, 11) is 4.90. The van der Waals surface area contributed by atoms with Gasteiger partial charge in [0.2, 0.25) is 5.16 Å². The summed E-state index contributed by atoms with van der Waals surface area (Å²) in [6, 6.07) is 5.87. The van der Waals surface area contributed by atoms with Crippen LogP contribution >= 0.6 is 24.1 Å². The molecule has 0 fully saturated rings. The van der Waals surface area contributed by atoms with Crippen molar-refractivity contribution < 1.29 is 8.37 Å². The van der Waals surface area contributed by atoms with E-state index in [2.05, 4.69) is 21.5 Å². The number of aromatic nitrogens is 4. The molecular weight excluding hydrogens is 382 g/mol. The molecule has 7 nitrogen and oxygen atoms in total. The van der Waals surface area contributed by atoms with Gasteiger partial charge < -0.3 is 8.37 Å². The Balaban J connectivity index is 2.36. The minimum absolute atomic E-state index is 0.529. The van der Waals surface area contributed by atoms with E-state index in [1.54, 1.807) is 33.5 Å². The summed E-state index contributed by atoms with van der Waals surface area (Å²) < 4.78 is 12.3. The molecule has 0 N–H and O–H groups in total. The summed E-state index contributed by atoms with van der Waals surface area (Å²) in [6.07, 6.45) is 3.49. The molecule has 0 bridgehead atoms. The maximum atomic E-state index is 5.25. The minimum atomic E-state index is 0.529. The van der Waals surface area contributed by atoms with Crippen molar-refractivity contribution in [1.29, 1.82) is 0 Å². The van der Waals surface area contributed by atoms with Gasteiger partial charge in [-0.3, -0.25) is 9.56 Å². The largest absolute Gasteiger partial charge is 0.311 e. The second kappa shape index (κ2) is 8.66. The zero-order valence-electron chi connectivity index (χ0n) is 15.5. The van der Waals surface area contributed by atoms with Crippen LogP contribution in [0.2, 0.25) is 0 Å². The van der Waals surface area contributed by atoms with E-state index in [1.807, 2.05) is 29.7 Å². The lowest BCUT2D eigenvalue weighted by molar-refractivity contribution is 0.486. The second-order valence-electron chi connectivity index (χ2n) is 5.35. The van der Waals surface area contributed by atoms with Gasteiger partial charge in [0.05, 0.1) is 49.7 Å². The normalized spacial score (nSPS) is 11.9. The van der Waals surface area contributed by atoms with Gasteiger partial charge in [0, 0.05) is 29.9 Å². The number of fused-ring (bicyclic) bond motifs is 1. The summed E-state index contributed by atoms with van der Waals surface area (Å²) in [5.74, 6) is 0. The van der Waals surface area contributed by atoms with Gasteiger partial charge in [0.1, 0.15) is 5.65 Å². The number of hydrogen-bond acceptors (Lipinski definition) is 8. The Morgan fingerprint density at radius 1 is 1.22 bits per heavy atom. The first kappa shape index (κ1) is 19.6.